The number of benzene rings is 1. The van der Waals surface area contributed by atoms with Crippen LogP contribution in [0, 0.1) is 5.41 Å². The molecule has 2 unspecified atom stereocenters. The van der Waals surface area contributed by atoms with Gasteiger partial charge in [-0.25, -0.2) is 4.98 Å². The molecule has 0 aliphatic heterocycles. The van der Waals surface area contributed by atoms with E-state index in [0.717, 1.165) is 15.8 Å². The number of aromatic nitrogens is 2. The van der Waals surface area contributed by atoms with Gasteiger partial charge in [-0.1, -0.05) is 29.8 Å². The SMILES string of the molecule is CC(Cl)c1nc2cc(Br)ccc2n1C1CC1(C)C. The maximum absolute atomic E-state index is 6.29. The van der Waals surface area contributed by atoms with Gasteiger partial charge in [-0.2, -0.15) is 0 Å². The molecule has 0 radical (unpaired) electrons. The van der Waals surface area contributed by atoms with Gasteiger partial charge in [-0.05, 0) is 37.0 Å². The van der Waals surface area contributed by atoms with Gasteiger partial charge >= 0.3 is 0 Å². The van der Waals surface area contributed by atoms with Crippen LogP contribution < -0.4 is 0 Å². The minimum atomic E-state index is -0.0624. The van der Waals surface area contributed by atoms with Gasteiger partial charge in [-0.15, -0.1) is 11.6 Å². The van der Waals surface area contributed by atoms with Crippen LogP contribution in [0.15, 0.2) is 22.7 Å². The van der Waals surface area contributed by atoms with Gasteiger partial charge in [0.1, 0.15) is 5.82 Å². The highest BCUT2D eigenvalue weighted by molar-refractivity contribution is 9.10. The molecule has 18 heavy (non-hydrogen) atoms. The largest absolute Gasteiger partial charge is 0.323 e. The second-order valence-corrected chi connectivity index (χ2v) is 7.37. The van der Waals surface area contributed by atoms with E-state index in [0.29, 0.717) is 11.5 Å². The van der Waals surface area contributed by atoms with Crippen molar-refractivity contribution in [1.29, 1.82) is 0 Å². The van der Waals surface area contributed by atoms with E-state index in [2.05, 4.69) is 52.5 Å². The fourth-order valence-electron chi connectivity index (χ4n) is 2.58. The summed E-state index contributed by atoms with van der Waals surface area (Å²) in [6.45, 7) is 6.58. The van der Waals surface area contributed by atoms with Crippen LogP contribution in [0.2, 0.25) is 0 Å². The summed E-state index contributed by atoms with van der Waals surface area (Å²) < 4.78 is 3.39. The van der Waals surface area contributed by atoms with E-state index in [1.807, 2.05) is 6.92 Å². The molecule has 1 aromatic heterocycles. The van der Waals surface area contributed by atoms with Gasteiger partial charge in [0.25, 0.3) is 0 Å². The lowest BCUT2D eigenvalue weighted by Gasteiger charge is -2.12. The average Bonchev–Trinajstić information content (AvgIpc) is 2.74. The Labute approximate surface area is 120 Å². The maximum Gasteiger partial charge on any atom is 0.127 e. The molecule has 0 spiro atoms. The summed E-state index contributed by atoms with van der Waals surface area (Å²) in [7, 11) is 0. The number of nitrogens with zero attached hydrogens (tertiary/aromatic N) is 2. The van der Waals surface area contributed by atoms with Crippen molar-refractivity contribution < 1.29 is 0 Å². The molecule has 1 aliphatic rings. The van der Waals surface area contributed by atoms with Crippen molar-refractivity contribution in [3.05, 3.63) is 28.5 Å². The first kappa shape index (κ1) is 12.5. The van der Waals surface area contributed by atoms with Crippen molar-refractivity contribution in [2.24, 2.45) is 5.41 Å². The van der Waals surface area contributed by atoms with Gasteiger partial charge in [0.15, 0.2) is 0 Å². The number of halogens is 2. The highest BCUT2D eigenvalue weighted by atomic mass is 79.9. The van der Waals surface area contributed by atoms with Crippen LogP contribution >= 0.6 is 27.5 Å². The zero-order chi connectivity index (χ0) is 13.1. The molecule has 2 aromatic rings. The highest BCUT2D eigenvalue weighted by Crippen LogP contribution is 2.57. The molecule has 3 rings (SSSR count). The zero-order valence-electron chi connectivity index (χ0n) is 10.7. The van der Waals surface area contributed by atoms with E-state index in [1.165, 1.54) is 11.9 Å². The van der Waals surface area contributed by atoms with Gasteiger partial charge in [0.05, 0.1) is 16.4 Å². The fraction of sp³-hybridized carbons (Fsp3) is 0.500. The Hall–Kier alpha value is -0.540. The molecule has 2 nitrogen and oxygen atoms in total. The quantitative estimate of drug-likeness (QED) is 0.704. The van der Waals surface area contributed by atoms with Crippen LogP contribution in [-0.2, 0) is 0 Å². The summed E-state index contributed by atoms with van der Waals surface area (Å²) in [4.78, 5) is 4.70. The first-order chi connectivity index (χ1) is 8.40. The van der Waals surface area contributed by atoms with Crippen LogP contribution in [0.4, 0.5) is 0 Å². The molecule has 1 heterocycles. The predicted octanol–water partition coefficient (Wildman–Crippen LogP) is 5.07. The summed E-state index contributed by atoms with van der Waals surface area (Å²) in [5.41, 5.74) is 2.58. The van der Waals surface area contributed by atoms with Crippen molar-refractivity contribution in [1.82, 2.24) is 9.55 Å². The fourth-order valence-corrected chi connectivity index (χ4v) is 3.08. The first-order valence-corrected chi connectivity index (χ1v) is 7.44. The smallest absolute Gasteiger partial charge is 0.127 e. The molecule has 4 heteroatoms. The lowest BCUT2D eigenvalue weighted by Crippen LogP contribution is -2.06. The van der Waals surface area contributed by atoms with Gasteiger partial charge in [0.2, 0.25) is 0 Å². The summed E-state index contributed by atoms with van der Waals surface area (Å²) >= 11 is 9.79. The van der Waals surface area contributed by atoms with Crippen molar-refractivity contribution in [2.75, 3.05) is 0 Å². The van der Waals surface area contributed by atoms with Gasteiger partial charge < -0.3 is 4.57 Å². The standard InChI is InChI=1S/C14H16BrClN2/c1-8(16)13-17-10-6-9(15)4-5-11(10)18(13)12-7-14(12,2)3/h4-6,8,12H,7H2,1-3H3. The van der Waals surface area contributed by atoms with Crippen molar-refractivity contribution in [3.63, 3.8) is 0 Å². The number of imidazole rings is 1. The maximum atomic E-state index is 6.29. The predicted molar refractivity (Wildman–Crippen MR) is 79.1 cm³/mol. The molecule has 0 amide bonds. The monoisotopic (exact) mass is 326 g/mol. The van der Waals surface area contributed by atoms with Gasteiger partial charge in [-0.3, -0.25) is 0 Å². The third kappa shape index (κ3) is 1.88. The number of alkyl halides is 1. The third-order valence-corrected chi connectivity index (χ3v) is 4.50. The third-order valence-electron chi connectivity index (χ3n) is 3.81. The number of hydrogen-bond acceptors (Lipinski definition) is 1. The molecule has 0 N–H and O–H groups in total. The van der Waals surface area contributed by atoms with E-state index in [4.69, 9.17) is 16.6 Å². The Morgan fingerprint density at radius 3 is 2.72 bits per heavy atom. The second-order valence-electron chi connectivity index (χ2n) is 5.80. The zero-order valence-corrected chi connectivity index (χ0v) is 13.1. The van der Waals surface area contributed by atoms with E-state index >= 15 is 0 Å². The molecular weight excluding hydrogens is 312 g/mol. The summed E-state index contributed by atoms with van der Waals surface area (Å²) in [6.07, 6.45) is 1.20. The van der Waals surface area contributed by atoms with Crippen LogP contribution in [0.5, 0.6) is 0 Å². The number of fused-ring (bicyclic) bond motifs is 1. The molecule has 0 saturated heterocycles. The Bertz CT molecular complexity index is 616. The van der Waals surface area contributed by atoms with Crippen LogP contribution in [0.1, 0.15) is 44.4 Å². The van der Waals surface area contributed by atoms with E-state index in [1.54, 1.807) is 0 Å². The average molecular weight is 328 g/mol. The Balaban J connectivity index is 2.23. The normalized spacial score (nSPS) is 23.3. The van der Waals surface area contributed by atoms with Crippen LogP contribution in [0.25, 0.3) is 11.0 Å². The minimum absolute atomic E-state index is 0.0624. The summed E-state index contributed by atoms with van der Waals surface area (Å²) in [5.74, 6) is 0.986. The van der Waals surface area contributed by atoms with Gasteiger partial charge in [0, 0.05) is 10.5 Å². The molecule has 96 valence electrons. The van der Waals surface area contributed by atoms with Crippen molar-refractivity contribution in [2.45, 2.75) is 38.6 Å². The topological polar surface area (TPSA) is 17.8 Å². The lowest BCUT2D eigenvalue weighted by molar-refractivity contribution is 0.535. The molecule has 1 aromatic carbocycles. The number of hydrogen-bond donors (Lipinski definition) is 0. The Morgan fingerprint density at radius 1 is 1.50 bits per heavy atom. The van der Waals surface area contributed by atoms with Crippen molar-refractivity contribution in [3.8, 4) is 0 Å². The summed E-state index contributed by atoms with van der Waals surface area (Å²) in [5, 5.41) is -0.0624. The molecule has 0 bridgehead atoms. The number of rotatable bonds is 2. The summed E-state index contributed by atoms with van der Waals surface area (Å²) in [6, 6.07) is 6.78. The molecule has 1 aliphatic carbocycles. The molecular formula is C14H16BrClN2. The minimum Gasteiger partial charge on any atom is -0.323 e. The van der Waals surface area contributed by atoms with E-state index in [9.17, 15) is 0 Å². The Morgan fingerprint density at radius 2 is 2.17 bits per heavy atom. The first-order valence-electron chi connectivity index (χ1n) is 6.21. The lowest BCUT2D eigenvalue weighted by atomic mass is 10.2. The highest BCUT2D eigenvalue weighted by Gasteiger charge is 2.48. The molecule has 1 saturated carbocycles. The Kier molecular flexibility index (Phi) is 2.76. The molecule has 2 atom stereocenters. The van der Waals surface area contributed by atoms with Crippen LogP contribution in [-0.4, -0.2) is 9.55 Å². The van der Waals surface area contributed by atoms with Crippen LogP contribution in [0.3, 0.4) is 0 Å². The van der Waals surface area contributed by atoms with E-state index < -0.39 is 0 Å². The second kappa shape index (κ2) is 3.97. The van der Waals surface area contributed by atoms with Crippen molar-refractivity contribution >= 4 is 38.6 Å². The molecule has 1 fully saturated rings. The van der Waals surface area contributed by atoms with E-state index in [-0.39, 0.29) is 5.38 Å².